The van der Waals surface area contributed by atoms with E-state index in [9.17, 15) is 10.2 Å². The number of para-hydroxylation sites is 1. The number of fused-ring (bicyclic) bond motifs is 1. The molecule has 2 aliphatic rings. The molecule has 3 atom stereocenters. The van der Waals surface area contributed by atoms with Crippen LogP contribution in [0.3, 0.4) is 0 Å². The number of anilines is 2. The molecule has 0 bridgehead atoms. The lowest BCUT2D eigenvalue weighted by molar-refractivity contribution is -0.0456. The molecule has 1 spiro atoms. The van der Waals surface area contributed by atoms with E-state index >= 15 is 0 Å². The van der Waals surface area contributed by atoms with Gasteiger partial charge < -0.3 is 24.8 Å². The van der Waals surface area contributed by atoms with Crippen molar-refractivity contribution >= 4 is 22.5 Å². The van der Waals surface area contributed by atoms with E-state index in [1.165, 1.54) is 6.33 Å². The quantitative estimate of drug-likeness (QED) is 0.472. The molecule has 2 fully saturated rings. The minimum Gasteiger partial charge on any atom is -0.387 e. The van der Waals surface area contributed by atoms with Gasteiger partial charge in [0.25, 0.3) is 0 Å². The van der Waals surface area contributed by atoms with E-state index in [4.69, 9.17) is 4.74 Å². The van der Waals surface area contributed by atoms with Gasteiger partial charge in [0.1, 0.15) is 30.0 Å². The summed E-state index contributed by atoms with van der Waals surface area (Å²) in [6.07, 6.45) is 2.30. The number of rotatable bonds is 4. The zero-order valence-corrected chi connectivity index (χ0v) is 16.7. The van der Waals surface area contributed by atoms with Crippen molar-refractivity contribution < 1.29 is 14.9 Å². The van der Waals surface area contributed by atoms with Crippen LogP contribution in [0.2, 0.25) is 0 Å². The molecule has 6 rings (SSSR count). The Labute approximate surface area is 179 Å². The number of nitrogens with one attached hydrogen (secondary N) is 1. The van der Waals surface area contributed by atoms with Crippen LogP contribution in [-0.4, -0.2) is 42.6 Å². The Bertz CT molecular complexity index is 1240. The Balaban J connectivity index is 1.54. The largest absolute Gasteiger partial charge is 0.387 e. The Morgan fingerprint density at radius 1 is 0.968 bits per heavy atom. The lowest BCUT2D eigenvalue weighted by atomic mass is 10.1. The van der Waals surface area contributed by atoms with Gasteiger partial charge in [-0.25, -0.2) is 9.97 Å². The summed E-state index contributed by atoms with van der Waals surface area (Å²) in [5, 5.41) is 25.5. The Morgan fingerprint density at radius 2 is 1.68 bits per heavy atom. The molecule has 0 amide bonds. The Kier molecular flexibility index (Phi) is 4.11. The molecule has 3 N–H and O–H groups in total. The molecule has 3 heterocycles. The van der Waals surface area contributed by atoms with Gasteiger partial charge in [0.05, 0.1) is 11.0 Å². The van der Waals surface area contributed by atoms with Crippen LogP contribution in [0.25, 0.3) is 22.2 Å². The van der Waals surface area contributed by atoms with Crippen molar-refractivity contribution in [3.8, 4) is 11.1 Å². The van der Waals surface area contributed by atoms with E-state index in [-0.39, 0.29) is 0 Å². The fraction of sp³-hybridized carbons (Fsp3) is 0.250. The maximum absolute atomic E-state index is 10.8. The normalized spacial score (nSPS) is 24.0. The van der Waals surface area contributed by atoms with Crippen LogP contribution >= 0.6 is 0 Å². The third kappa shape index (κ3) is 2.93. The van der Waals surface area contributed by atoms with Crippen molar-refractivity contribution in [3.63, 3.8) is 0 Å². The molecule has 1 aliphatic heterocycles. The lowest BCUT2D eigenvalue weighted by Gasteiger charge is -2.17. The number of hydrogen-bond donors (Lipinski definition) is 3. The minimum atomic E-state index is -1.03. The van der Waals surface area contributed by atoms with Gasteiger partial charge in [0.15, 0.2) is 6.23 Å². The van der Waals surface area contributed by atoms with Gasteiger partial charge in [-0.3, -0.25) is 0 Å². The van der Waals surface area contributed by atoms with E-state index in [0.717, 1.165) is 35.0 Å². The first-order valence-corrected chi connectivity index (χ1v) is 10.4. The number of aliphatic hydroxyl groups is 2. The summed E-state index contributed by atoms with van der Waals surface area (Å²) < 4.78 is 8.00. The molecule has 2 aromatic heterocycles. The number of hydrogen-bond acceptors (Lipinski definition) is 6. The summed E-state index contributed by atoms with van der Waals surface area (Å²) in [4.78, 5) is 9.06. The van der Waals surface area contributed by atoms with Crippen molar-refractivity contribution in [2.24, 2.45) is 0 Å². The van der Waals surface area contributed by atoms with Crippen molar-refractivity contribution in [2.45, 2.75) is 36.9 Å². The van der Waals surface area contributed by atoms with E-state index < -0.39 is 24.0 Å². The molecule has 31 heavy (non-hydrogen) atoms. The van der Waals surface area contributed by atoms with Crippen LogP contribution in [0.4, 0.5) is 11.5 Å². The SMILES string of the molecule is OC1C(O)C2(CC2)O[C@H]1n1cc(-c2ccccc2)c2c(Nc3ccccc3)ncnc21. The monoisotopic (exact) mass is 414 g/mol. The first-order valence-electron chi connectivity index (χ1n) is 10.4. The second-order valence-electron chi connectivity index (χ2n) is 8.24. The average molecular weight is 414 g/mol. The highest BCUT2D eigenvalue weighted by Gasteiger charge is 2.62. The topological polar surface area (TPSA) is 92.4 Å². The van der Waals surface area contributed by atoms with Gasteiger partial charge in [-0.1, -0.05) is 48.5 Å². The van der Waals surface area contributed by atoms with E-state index in [1.54, 1.807) is 0 Å². The fourth-order valence-corrected chi connectivity index (χ4v) is 4.47. The molecule has 1 aliphatic carbocycles. The summed E-state index contributed by atoms with van der Waals surface area (Å²) in [7, 11) is 0. The van der Waals surface area contributed by atoms with Gasteiger partial charge in [-0.05, 0) is 30.5 Å². The van der Waals surface area contributed by atoms with Gasteiger partial charge in [-0.15, -0.1) is 0 Å². The molecule has 156 valence electrons. The highest BCUT2D eigenvalue weighted by molar-refractivity contribution is 6.02. The van der Waals surface area contributed by atoms with Gasteiger partial charge in [0.2, 0.25) is 0 Å². The van der Waals surface area contributed by atoms with Crippen molar-refractivity contribution in [1.82, 2.24) is 14.5 Å². The molecular weight excluding hydrogens is 392 g/mol. The summed E-state index contributed by atoms with van der Waals surface area (Å²) in [5.41, 5.74) is 2.86. The number of nitrogens with zero attached hydrogens (tertiary/aromatic N) is 3. The van der Waals surface area contributed by atoms with Crippen LogP contribution < -0.4 is 5.32 Å². The molecule has 7 heteroatoms. The van der Waals surface area contributed by atoms with Crippen molar-refractivity contribution in [3.05, 3.63) is 73.2 Å². The smallest absolute Gasteiger partial charge is 0.164 e. The predicted octanol–water partition coefficient (Wildman–Crippen LogP) is 3.63. The molecule has 0 radical (unpaired) electrons. The highest BCUT2D eigenvalue weighted by Crippen LogP contribution is 2.53. The Morgan fingerprint density at radius 3 is 2.35 bits per heavy atom. The maximum atomic E-state index is 10.8. The molecular formula is C24H22N4O3. The molecule has 4 aromatic rings. The van der Waals surface area contributed by atoms with Gasteiger partial charge in [-0.2, -0.15) is 0 Å². The zero-order valence-electron chi connectivity index (χ0n) is 16.7. The minimum absolute atomic E-state index is 0.633. The number of benzene rings is 2. The first-order chi connectivity index (χ1) is 15.2. The fourth-order valence-electron chi connectivity index (χ4n) is 4.47. The summed E-state index contributed by atoms with van der Waals surface area (Å²) in [6, 6.07) is 19.8. The van der Waals surface area contributed by atoms with Crippen LogP contribution in [-0.2, 0) is 4.74 Å². The van der Waals surface area contributed by atoms with E-state index in [1.807, 2.05) is 71.4 Å². The Hall–Kier alpha value is -3.26. The number of ether oxygens (including phenoxy) is 1. The summed E-state index contributed by atoms with van der Waals surface area (Å²) in [5.74, 6) is 0.669. The van der Waals surface area contributed by atoms with Gasteiger partial charge in [0, 0.05) is 17.4 Å². The number of aliphatic hydroxyl groups excluding tert-OH is 2. The third-order valence-corrected chi connectivity index (χ3v) is 6.26. The second kappa shape index (κ2) is 6.88. The van der Waals surface area contributed by atoms with Gasteiger partial charge >= 0.3 is 0 Å². The first kappa shape index (κ1) is 18.5. The van der Waals surface area contributed by atoms with Crippen LogP contribution in [0, 0.1) is 0 Å². The molecule has 7 nitrogen and oxygen atoms in total. The van der Waals surface area contributed by atoms with Crippen LogP contribution in [0.15, 0.2) is 73.2 Å². The summed E-state index contributed by atoms with van der Waals surface area (Å²) in [6.45, 7) is 0. The van der Waals surface area contributed by atoms with E-state index in [0.29, 0.717) is 11.5 Å². The third-order valence-electron chi connectivity index (χ3n) is 6.26. The second-order valence-corrected chi connectivity index (χ2v) is 8.24. The number of aromatic nitrogens is 3. The maximum Gasteiger partial charge on any atom is 0.164 e. The van der Waals surface area contributed by atoms with Crippen LogP contribution in [0.1, 0.15) is 19.1 Å². The molecule has 1 saturated heterocycles. The average Bonchev–Trinajstić information content (AvgIpc) is 3.44. The molecule has 2 unspecified atom stereocenters. The van der Waals surface area contributed by atoms with Crippen molar-refractivity contribution in [2.75, 3.05) is 5.32 Å². The summed E-state index contributed by atoms with van der Waals surface area (Å²) >= 11 is 0. The molecule has 2 aromatic carbocycles. The zero-order chi connectivity index (χ0) is 21.0. The molecule has 1 saturated carbocycles. The predicted molar refractivity (Wildman–Crippen MR) is 117 cm³/mol. The highest BCUT2D eigenvalue weighted by atomic mass is 16.6. The van der Waals surface area contributed by atoms with Crippen LogP contribution in [0.5, 0.6) is 0 Å². The lowest BCUT2D eigenvalue weighted by Crippen LogP contribution is -2.32. The van der Waals surface area contributed by atoms with E-state index in [2.05, 4.69) is 15.3 Å². The van der Waals surface area contributed by atoms with Crippen molar-refractivity contribution in [1.29, 1.82) is 0 Å². The standard InChI is InChI=1S/C24H22N4O3/c29-19-20(30)24(11-12-24)31-23(19)28-13-17(15-7-3-1-4-8-15)18-21(25-14-26-22(18)28)27-16-9-5-2-6-10-16/h1-10,13-14,19-20,23,29-30H,11-12H2,(H,25,26,27)/t19?,20?,23-/m1/s1.